The second kappa shape index (κ2) is 9.14. The molecular weight excluding hydrogens is 404 g/mol. The maximum absolute atomic E-state index is 13.1. The zero-order chi connectivity index (χ0) is 21.1. The predicted octanol–water partition coefficient (Wildman–Crippen LogP) is 3.65. The van der Waals surface area contributed by atoms with Crippen molar-refractivity contribution in [3.8, 4) is 6.07 Å². The molecular formula is C21H26N4O2S2. The highest BCUT2D eigenvalue weighted by atomic mass is 32.2. The molecule has 1 amide bonds. The van der Waals surface area contributed by atoms with Crippen LogP contribution in [-0.2, 0) is 11.3 Å². The summed E-state index contributed by atoms with van der Waals surface area (Å²) in [6.07, 6.45) is 5.93. The predicted molar refractivity (Wildman–Crippen MR) is 122 cm³/mol. The van der Waals surface area contributed by atoms with Crippen molar-refractivity contribution in [2.75, 3.05) is 24.5 Å². The van der Waals surface area contributed by atoms with Gasteiger partial charge in [0.15, 0.2) is 0 Å². The number of hydrogen-bond acceptors (Lipinski definition) is 6. The second-order valence-corrected chi connectivity index (χ2v) is 8.96. The summed E-state index contributed by atoms with van der Waals surface area (Å²) in [4.78, 5) is 30.2. The lowest BCUT2D eigenvalue weighted by Crippen LogP contribution is -2.37. The van der Waals surface area contributed by atoms with Crippen LogP contribution in [0.25, 0.3) is 6.08 Å². The number of nitrogens with zero attached hydrogens (tertiary/aromatic N) is 4. The summed E-state index contributed by atoms with van der Waals surface area (Å²) in [5.74, 6) is 0.716. The smallest absolute Gasteiger partial charge is 0.270 e. The number of thioether (sulfide) groups is 1. The third-order valence-corrected chi connectivity index (χ3v) is 6.79. The van der Waals surface area contributed by atoms with Gasteiger partial charge in [-0.25, -0.2) is 0 Å². The molecule has 0 saturated carbocycles. The summed E-state index contributed by atoms with van der Waals surface area (Å²) in [7, 11) is 0. The van der Waals surface area contributed by atoms with Crippen molar-refractivity contribution in [3.05, 3.63) is 31.9 Å². The van der Waals surface area contributed by atoms with Gasteiger partial charge in [0.05, 0.1) is 4.91 Å². The molecule has 29 heavy (non-hydrogen) atoms. The minimum absolute atomic E-state index is 0.113. The summed E-state index contributed by atoms with van der Waals surface area (Å²) in [5.41, 5.74) is 1.32. The number of thiocarbonyl (C=S) groups is 1. The Hall–Kier alpha value is -2.11. The van der Waals surface area contributed by atoms with Crippen molar-refractivity contribution in [2.45, 2.75) is 53.0 Å². The largest absolute Gasteiger partial charge is 0.357 e. The highest BCUT2D eigenvalue weighted by Crippen LogP contribution is 2.36. The molecule has 0 N–H and O–H groups in total. The molecule has 0 radical (unpaired) electrons. The number of carbonyl (C=O) groups is 1. The van der Waals surface area contributed by atoms with E-state index in [1.54, 1.807) is 16.4 Å². The number of piperidine rings is 1. The van der Waals surface area contributed by atoms with Gasteiger partial charge >= 0.3 is 0 Å². The number of hydrogen-bond donors (Lipinski definition) is 0. The van der Waals surface area contributed by atoms with Crippen LogP contribution in [0.4, 0.5) is 5.82 Å². The third kappa shape index (κ3) is 3.99. The van der Waals surface area contributed by atoms with E-state index in [4.69, 9.17) is 12.2 Å². The first kappa shape index (κ1) is 21.6. The van der Waals surface area contributed by atoms with Gasteiger partial charge in [-0.15, -0.1) is 0 Å². The average molecular weight is 431 g/mol. The van der Waals surface area contributed by atoms with Gasteiger partial charge in [-0.3, -0.25) is 19.1 Å². The molecule has 2 aliphatic heterocycles. The second-order valence-electron chi connectivity index (χ2n) is 7.28. The molecule has 0 aromatic carbocycles. The zero-order valence-corrected chi connectivity index (χ0v) is 18.8. The fraction of sp³-hybridized carbons (Fsp3) is 0.524. The van der Waals surface area contributed by atoms with Crippen molar-refractivity contribution in [3.63, 3.8) is 0 Å². The van der Waals surface area contributed by atoms with Crippen LogP contribution in [0.1, 0.15) is 56.2 Å². The van der Waals surface area contributed by atoms with E-state index in [2.05, 4.69) is 11.0 Å². The lowest BCUT2D eigenvalue weighted by molar-refractivity contribution is -0.121. The Balaban J connectivity index is 2.27. The lowest BCUT2D eigenvalue weighted by Gasteiger charge is -2.33. The maximum Gasteiger partial charge on any atom is 0.270 e. The van der Waals surface area contributed by atoms with Gasteiger partial charge in [0.25, 0.3) is 11.5 Å². The van der Waals surface area contributed by atoms with Crippen molar-refractivity contribution in [1.82, 2.24) is 9.47 Å². The van der Waals surface area contributed by atoms with Crippen molar-refractivity contribution in [2.24, 2.45) is 0 Å². The number of anilines is 1. The van der Waals surface area contributed by atoms with Crippen LogP contribution in [0.15, 0.2) is 9.70 Å². The fourth-order valence-corrected chi connectivity index (χ4v) is 5.29. The highest BCUT2D eigenvalue weighted by molar-refractivity contribution is 8.26. The van der Waals surface area contributed by atoms with E-state index in [-0.39, 0.29) is 17.0 Å². The fourth-order valence-electron chi connectivity index (χ4n) is 3.93. The Morgan fingerprint density at radius 3 is 2.45 bits per heavy atom. The van der Waals surface area contributed by atoms with Gasteiger partial charge in [0, 0.05) is 31.7 Å². The highest BCUT2D eigenvalue weighted by Gasteiger charge is 2.32. The molecule has 2 aliphatic rings. The summed E-state index contributed by atoms with van der Waals surface area (Å²) >= 11 is 6.63. The van der Waals surface area contributed by atoms with Gasteiger partial charge < -0.3 is 4.90 Å². The Labute approximate surface area is 181 Å². The number of aromatic nitrogens is 1. The topological polar surface area (TPSA) is 69.3 Å². The summed E-state index contributed by atoms with van der Waals surface area (Å²) in [5, 5.41) is 9.65. The van der Waals surface area contributed by atoms with E-state index in [1.807, 2.05) is 19.9 Å². The van der Waals surface area contributed by atoms with Crippen LogP contribution in [0, 0.1) is 18.3 Å². The molecule has 0 atom stereocenters. The van der Waals surface area contributed by atoms with Crippen LogP contribution in [0.2, 0.25) is 0 Å². The normalized spacial score (nSPS) is 18.6. The van der Waals surface area contributed by atoms with E-state index in [1.165, 1.54) is 18.2 Å². The Morgan fingerprint density at radius 1 is 1.21 bits per heavy atom. The van der Waals surface area contributed by atoms with Crippen molar-refractivity contribution in [1.29, 1.82) is 5.26 Å². The number of pyridine rings is 1. The number of rotatable bonds is 5. The van der Waals surface area contributed by atoms with Gasteiger partial charge in [-0.1, -0.05) is 30.9 Å². The quantitative estimate of drug-likeness (QED) is 0.525. The number of likely N-dealkylation sites (N-methyl/N-ethyl adjacent to an activating group) is 1. The standard InChI is InChI=1S/C21H26N4O2S2/c1-4-9-25-18(23-10-7-6-8-11-23)15(14(3)16(13-22)19(25)26)12-17-20(27)24(5-2)21(28)29-17/h12H,4-11H2,1-3H3/b17-12-. The van der Waals surface area contributed by atoms with E-state index in [0.717, 1.165) is 43.7 Å². The van der Waals surface area contributed by atoms with Crippen LogP contribution < -0.4 is 10.5 Å². The Morgan fingerprint density at radius 2 is 1.90 bits per heavy atom. The average Bonchev–Trinajstić information content (AvgIpc) is 2.99. The van der Waals surface area contributed by atoms with Gasteiger partial charge in [0.1, 0.15) is 21.8 Å². The monoisotopic (exact) mass is 430 g/mol. The first-order valence-corrected chi connectivity index (χ1v) is 11.3. The molecule has 0 spiro atoms. The molecule has 6 nitrogen and oxygen atoms in total. The number of nitriles is 1. The minimum atomic E-state index is -0.245. The molecule has 0 unspecified atom stereocenters. The van der Waals surface area contributed by atoms with E-state index in [0.29, 0.717) is 27.9 Å². The third-order valence-electron chi connectivity index (χ3n) is 5.41. The van der Waals surface area contributed by atoms with Crippen LogP contribution in [0.3, 0.4) is 0 Å². The summed E-state index contributed by atoms with van der Waals surface area (Å²) in [6, 6.07) is 2.09. The maximum atomic E-state index is 13.1. The molecule has 2 saturated heterocycles. The Bertz CT molecular complexity index is 968. The number of carbonyl (C=O) groups excluding carboxylic acids is 1. The summed E-state index contributed by atoms with van der Waals surface area (Å²) in [6.45, 7) is 8.51. The van der Waals surface area contributed by atoms with Gasteiger partial charge in [-0.05, 0) is 51.2 Å². The molecule has 1 aromatic rings. The van der Waals surface area contributed by atoms with E-state index >= 15 is 0 Å². The zero-order valence-electron chi connectivity index (χ0n) is 17.2. The Kier molecular flexibility index (Phi) is 6.81. The molecule has 3 heterocycles. The van der Waals surface area contributed by atoms with Gasteiger partial charge in [-0.2, -0.15) is 5.26 Å². The number of amides is 1. The first-order chi connectivity index (χ1) is 13.9. The molecule has 154 valence electrons. The summed E-state index contributed by atoms with van der Waals surface area (Å²) < 4.78 is 2.27. The van der Waals surface area contributed by atoms with Crippen LogP contribution in [-0.4, -0.2) is 39.3 Å². The van der Waals surface area contributed by atoms with E-state index < -0.39 is 0 Å². The van der Waals surface area contributed by atoms with Crippen molar-refractivity contribution < 1.29 is 4.79 Å². The molecule has 3 rings (SSSR count). The molecule has 1 aromatic heterocycles. The SMILES string of the molecule is CCCn1c(N2CCCCC2)c(/C=C2\SC(=S)N(CC)C2=O)c(C)c(C#N)c1=O. The molecule has 0 aliphatic carbocycles. The minimum Gasteiger partial charge on any atom is -0.357 e. The first-order valence-electron chi connectivity index (χ1n) is 10.1. The van der Waals surface area contributed by atoms with Gasteiger partial charge in [0.2, 0.25) is 0 Å². The molecule has 2 fully saturated rings. The van der Waals surface area contributed by atoms with Crippen LogP contribution in [0.5, 0.6) is 0 Å². The lowest BCUT2D eigenvalue weighted by atomic mass is 10.0. The van der Waals surface area contributed by atoms with E-state index in [9.17, 15) is 14.9 Å². The molecule has 0 bridgehead atoms. The van der Waals surface area contributed by atoms with Crippen molar-refractivity contribution >= 4 is 46.1 Å². The molecule has 8 heteroatoms. The van der Waals surface area contributed by atoms with Crippen LogP contribution >= 0.6 is 24.0 Å².